The van der Waals surface area contributed by atoms with Gasteiger partial charge in [0.2, 0.25) is 5.91 Å². The van der Waals surface area contributed by atoms with E-state index in [1.807, 2.05) is 25.3 Å². The summed E-state index contributed by atoms with van der Waals surface area (Å²) in [4.78, 5) is 40.3. The number of thioether (sulfide) groups is 1. The molecule has 12 heteroatoms. The van der Waals surface area contributed by atoms with Crippen molar-refractivity contribution in [2.45, 2.75) is 50.2 Å². The van der Waals surface area contributed by atoms with E-state index in [1.54, 1.807) is 33.7 Å². The molecular weight excluding hydrogens is 601 g/mol. The summed E-state index contributed by atoms with van der Waals surface area (Å²) in [5.41, 5.74) is 3.33. The van der Waals surface area contributed by atoms with Crippen LogP contribution in [-0.2, 0) is 4.79 Å². The SMILES string of the molecule is C=CC(=O)N1C[C@H](C)N(c2nc(=O)n3c4c(c(-c5ccc(F)cc5)c(C)cc24)SC[C@@H]3CN2CCN(CC(F)F)CC2)C[C@H]1C. The highest BCUT2D eigenvalue weighted by Crippen LogP contribution is 2.46. The van der Waals surface area contributed by atoms with Gasteiger partial charge in [0.1, 0.15) is 11.6 Å². The summed E-state index contributed by atoms with van der Waals surface area (Å²) < 4.78 is 41.6. The third kappa shape index (κ3) is 6.12. The lowest BCUT2D eigenvalue weighted by Gasteiger charge is -2.45. The van der Waals surface area contributed by atoms with Crippen molar-refractivity contribution in [1.82, 2.24) is 24.3 Å². The molecule has 0 unspecified atom stereocenters. The minimum atomic E-state index is -2.35. The van der Waals surface area contributed by atoms with Crippen LogP contribution in [0.15, 0.2) is 52.7 Å². The first-order chi connectivity index (χ1) is 21.5. The second-order valence-corrected chi connectivity index (χ2v) is 13.4. The van der Waals surface area contributed by atoms with Crippen LogP contribution in [0.25, 0.3) is 22.0 Å². The summed E-state index contributed by atoms with van der Waals surface area (Å²) in [5.74, 6) is 0.821. The van der Waals surface area contributed by atoms with Crippen LogP contribution >= 0.6 is 11.8 Å². The zero-order chi connectivity index (χ0) is 32.0. The first kappa shape index (κ1) is 31.6. The van der Waals surface area contributed by atoms with Crippen LogP contribution in [0.4, 0.5) is 19.0 Å². The number of nitrogens with zero attached hydrogens (tertiary/aromatic N) is 6. The molecule has 2 aromatic carbocycles. The first-order valence-corrected chi connectivity index (χ1v) is 16.4. The Balaban J connectivity index is 1.44. The molecule has 1 aromatic heterocycles. The van der Waals surface area contributed by atoms with E-state index in [1.165, 1.54) is 18.2 Å². The van der Waals surface area contributed by atoms with Crippen LogP contribution in [-0.4, -0.2) is 107 Å². The highest BCUT2D eigenvalue weighted by atomic mass is 32.2. The van der Waals surface area contributed by atoms with Crippen LogP contribution in [0.3, 0.4) is 0 Å². The quantitative estimate of drug-likeness (QED) is 0.349. The minimum Gasteiger partial charge on any atom is -0.349 e. The first-order valence-electron chi connectivity index (χ1n) is 15.5. The van der Waals surface area contributed by atoms with Gasteiger partial charge < -0.3 is 9.80 Å². The number of halogens is 3. The fourth-order valence-corrected chi connectivity index (χ4v) is 8.42. The molecule has 0 spiro atoms. The summed E-state index contributed by atoms with van der Waals surface area (Å²) in [6, 6.07) is 8.17. The number of amides is 1. The maximum absolute atomic E-state index is 14.1. The molecule has 3 atom stereocenters. The Morgan fingerprint density at radius 2 is 1.78 bits per heavy atom. The molecule has 0 bridgehead atoms. The average molecular weight is 641 g/mol. The predicted octanol–water partition coefficient (Wildman–Crippen LogP) is 4.65. The van der Waals surface area contributed by atoms with Crippen LogP contribution < -0.4 is 10.6 Å². The zero-order valence-electron chi connectivity index (χ0n) is 25.9. The second kappa shape index (κ2) is 12.8. The summed E-state index contributed by atoms with van der Waals surface area (Å²) in [5, 5.41) is 0.870. The molecule has 45 heavy (non-hydrogen) atoms. The fraction of sp³-hybridized carbons (Fsp3) is 0.485. The molecule has 2 fully saturated rings. The third-order valence-electron chi connectivity index (χ3n) is 9.31. The van der Waals surface area contributed by atoms with E-state index in [-0.39, 0.29) is 42.1 Å². The Labute approximate surface area is 265 Å². The van der Waals surface area contributed by atoms with Gasteiger partial charge in [-0.2, -0.15) is 4.98 Å². The predicted molar refractivity (Wildman–Crippen MR) is 173 cm³/mol. The molecule has 4 heterocycles. The van der Waals surface area contributed by atoms with Crippen LogP contribution in [0, 0.1) is 12.7 Å². The lowest BCUT2D eigenvalue weighted by atomic mass is 9.97. The van der Waals surface area contributed by atoms with Gasteiger partial charge in [-0.3, -0.25) is 19.2 Å². The number of rotatable bonds is 7. The molecule has 0 saturated carbocycles. The van der Waals surface area contributed by atoms with Gasteiger partial charge >= 0.3 is 5.69 Å². The fourth-order valence-electron chi connectivity index (χ4n) is 7.04. The smallest absolute Gasteiger partial charge is 0.349 e. The van der Waals surface area contributed by atoms with Crippen molar-refractivity contribution >= 4 is 34.4 Å². The standard InChI is InChI=1S/C33H39F3N6O2S/c1-5-28(43)40-15-22(4)41(16-21(40)3)32-26-14-20(2)29(23-6-8-24(34)9-7-23)31-30(26)42(33(44)37-32)25(19-45-31)17-38-10-12-39(13-11-38)18-27(35)36/h5-9,14,21-22,25,27H,1,10-13,15-19H2,2-4H3/t21-,22+,25+/m1/s1. The number of alkyl halides is 2. The molecule has 0 radical (unpaired) electrons. The van der Waals surface area contributed by atoms with Crippen molar-refractivity contribution < 1.29 is 18.0 Å². The Kier molecular flexibility index (Phi) is 9.00. The normalized spacial score (nSPS) is 22.8. The number of benzene rings is 2. The number of carbonyl (C=O) groups is 1. The van der Waals surface area contributed by atoms with Crippen LogP contribution in [0.2, 0.25) is 0 Å². The molecule has 0 aliphatic carbocycles. The van der Waals surface area contributed by atoms with E-state index in [0.29, 0.717) is 57.4 Å². The van der Waals surface area contributed by atoms with E-state index in [4.69, 9.17) is 4.98 Å². The minimum absolute atomic E-state index is 0.0903. The second-order valence-electron chi connectivity index (χ2n) is 12.4. The number of aromatic nitrogens is 2. The molecule has 2 saturated heterocycles. The zero-order valence-corrected chi connectivity index (χ0v) is 26.7. The Morgan fingerprint density at radius 1 is 1.09 bits per heavy atom. The Hall–Kier alpha value is -3.35. The van der Waals surface area contributed by atoms with Gasteiger partial charge in [-0.05, 0) is 56.2 Å². The molecule has 1 amide bonds. The Morgan fingerprint density at radius 3 is 2.44 bits per heavy atom. The third-order valence-corrected chi connectivity index (χ3v) is 10.5. The van der Waals surface area contributed by atoms with Crippen molar-refractivity contribution in [3.8, 4) is 11.1 Å². The average Bonchev–Trinajstić information content (AvgIpc) is 3.01. The molecule has 8 nitrogen and oxygen atoms in total. The lowest BCUT2D eigenvalue weighted by molar-refractivity contribution is -0.128. The van der Waals surface area contributed by atoms with Crippen molar-refractivity contribution in [3.63, 3.8) is 0 Å². The number of piperazine rings is 2. The lowest BCUT2D eigenvalue weighted by Crippen LogP contribution is -2.58. The maximum Gasteiger partial charge on any atom is 0.350 e. The highest BCUT2D eigenvalue weighted by Gasteiger charge is 2.36. The van der Waals surface area contributed by atoms with Gasteiger partial charge in [0, 0.05) is 79.5 Å². The van der Waals surface area contributed by atoms with Crippen molar-refractivity contribution in [2.75, 3.05) is 63.0 Å². The number of hydrogen-bond acceptors (Lipinski definition) is 7. The molecule has 3 aliphatic heterocycles. The van der Waals surface area contributed by atoms with Gasteiger partial charge in [-0.15, -0.1) is 11.8 Å². The van der Waals surface area contributed by atoms with Gasteiger partial charge in [0.05, 0.1) is 18.1 Å². The summed E-state index contributed by atoms with van der Waals surface area (Å²) >= 11 is 1.70. The molecule has 3 aliphatic rings. The van der Waals surface area contributed by atoms with E-state index in [0.717, 1.165) is 32.5 Å². The number of carbonyl (C=O) groups excluding carboxylic acids is 1. The maximum atomic E-state index is 14.1. The van der Waals surface area contributed by atoms with E-state index in [9.17, 15) is 22.8 Å². The van der Waals surface area contributed by atoms with Crippen molar-refractivity contribution in [3.05, 3.63) is 64.9 Å². The largest absolute Gasteiger partial charge is 0.350 e. The molecular formula is C33H39F3N6O2S. The van der Waals surface area contributed by atoms with Gasteiger partial charge in [0.25, 0.3) is 6.43 Å². The molecule has 0 N–H and O–H groups in total. The number of aryl methyl sites for hydroxylation is 1. The molecule has 6 rings (SSSR count). The summed E-state index contributed by atoms with van der Waals surface area (Å²) in [6.45, 7) is 13.5. The monoisotopic (exact) mass is 640 g/mol. The Bertz CT molecular complexity index is 1660. The van der Waals surface area contributed by atoms with Crippen LogP contribution in [0.5, 0.6) is 0 Å². The van der Waals surface area contributed by atoms with Gasteiger partial charge in [-0.25, -0.2) is 18.0 Å². The highest BCUT2D eigenvalue weighted by molar-refractivity contribution is 7.99. The molecule has 3 aromatic rings. The van der Waals surface area contributed by atoms with Gasteiger partial charge in [-0.1, -0.05) is 18.7 Å². The van der Waals surface area contributed by atoms with Gasteiger partial charge in [0.15, 0.2) is 0 Å². The summed E-state index contributed by atoms with van der Waals surface area (Å²) in [6.07, 6.45) is -1.02. The number of hydrogen-bond donors (Lipinski definition) is 0. The van der Waals surface area contributed by atoms with Crippen molar-refractivity contribution in [1.29, 1.82) is 0 Å². The van der Waals surface area contributed by atoms with E-state index in [2.05, 4.69) is 22.4 Å². The topological polar surface area (TPSA) is 64.9 Å². The van der Waals surface area contributed by atoms with E-state index < -0.39 is 6.43 Å². The molecule has 240 valence electrons. The summed E-state index contributed by atoms with van der Waals surface area (Å²) in [7, 11) is 0. The number of anilines is 1. The van der Waals surface area contributed by atoms with Crippen molar-refractivity contribution in [2.24, 2.45) is 0 Å². The van der Waals surface area contributed by atoms with E-state index >= 15 is 0 Å². The van der Waals surface area contributed by atoms with Crippen LogP contribution in [0.1, 0.15) is 25.5 Å².